The van der Waals surface area contributed by atoms with Crippen molar-refractivity contribution in [3.63, 3.8) is 0 Å². The third-order valence-electron chi connectivity index (χ3n) is 3.09. The SMILES string of the molecule is O=CCCCCC(=O)NCCOCCNC(=O)CCCCC=O. The molecular weight excluding hydrogens is 300 g/mol. The van der Waals surface area contributed by atoms with Gasteiger partial charge in [0, 0.05) is 38.8 Å². The van der Waals surface area contributed by atoms with Crippen molar-refractivity contribution in [2.24, 2.45) is 0 Å². The first-order chi connectivity index (χ1) is 11.2. The summed E-state index contributed by atoms with van der Waals surface area (Å²) in [6.45, 7) is 1.67. The van der Waals surface area contributed by atoms with E-state index in [1.807, 2.05) is 0 Å². The third kappa shape index (κ3) is 16.4. The van der Waals surface area contributed by atoms with Crippen LogP contribution in [0.1, 0.15) is 51.4 Å². The van der Waals surface area contributed by atoms with Gasteiger partial charge in [0.15, 0.2) is 0 Å². The van der Waals surface area contributed by atoms with E-state index in [0.717, 1.165) is 25.4 Å². The van der Waals surface area contributed by atoms with Crippen LogP contribution in [0.25, 0.3) is 0 Å². The Kier molecular flexibility index (Phi) is 15.3. The molecule has 0 bridgehead atoms. The fourth-order valence-corrected chi connectivity index (χ4v) is 1.83. The molecule has 0 rings (SSSR count). The van der Waals surface area contributed by atoms with E-state index < -0.39 is 0 Å². The number of ether oxygens (including phenoxy) is 1. The Labute approximate surface area is 137 Å². The Morgan fingerprint density at radius 2 is 1.17 bits per heavy atom. The van der Waals surface area contributed by atoms with Gasteiger partial charge in [-0.1, -0.05) is 0 Å². The number of rotatable bonds is 16. The van der Waals surface area contributed by atoms with E-state index in [0.29, 0.717) is 64.8 Å². The van der Waals surface area contributed by atoms with Gasteiger partial charge in [0.1, 0.15) is 12.6 Å². The normalized spacial score (nSPS) is 10.1. The van der Waals surface area contributed by atoms with Crippen molar-refractivity contribution < 1.29 is 23.9 Å². The van der Waals surface area contributed by atoms with Crippen LogP contribution in [0, 0.1) is 0 Å². The summed E-state index contributed by atoms with van der Waals surface area (Å²) in [5.41, 5.74) is 0. The Hall–Kier alpha value is -1.76. The molecule has 0 unspecified atom stereocenters. The number of carbonyl (C=O) groups is 4. The molecule has 0 atom stereocenters. The number of aldehydes is 2. The maximum absolute atomic E-state index is 11.4. The van der Waals surface area contributed by atoms with Crippen LogP contribution in [0.5, 0.6) is 0 Å². The molecule has 0 saturated carbocycles. The van der Waals surface area contributed by atoms with E-state index in [4.69, 9.17) is 4.74 Å². The minimum Gasteiger partial charge on any atom is -0.378 e. The number of hydrogen-bond acceptors (Lipinski definition) is 5. The van der Waals surface area contributed by atoms with E-state index in [1.54, 1.807) is 0 Å². The summed E-state index contributed by atoms with van der Waals surface area (Å²) < 4.78 is 5.30. The lowest BCUT2D eigenvalue weighted by atomic mass is 10.2. The molecule has 0 aromatic carbocycles. The van der Waals surface area contributed by atoms with Crippen molar-refractivity contribution in [1.29, 1.82) is 0 Å². The van der Waals surface area contributed by atoms with Crippen LogP contribution < -0.4 is 10.6 Å². The molecule has 7 heteroatoms. The Morgan fingerprint density at radius 3 is 1.57 bits per heavy atom. The van der Waals surface area contributed by atoms with Crippen molar-refractivity contribution >= 4 is 24.4 Å². The minimum atomic E-state index is -0.0388. The van der Waals surface area contributed by atoms with E-state index in [-0.39, 0.29) is 11.8 Å². The van der Waals surface area contributed by atoms with Crippen LogP contribution in [0.4, 0.5) is 0 Å². The molecule has 0 spiro atoms. The van der Waals surface area contributed by atoms with Gasteiger partial charge in [0.05, 0.1) is 13.2 Å². The summed E-state index contributed by atoms with van der Waals surface area (Å²) in [4.78, 5) is 43.0. The average molecular weight is 328 g/mol. The van der Waals surface area contributed by atoms with Crippen molar-refractivity contribution in [2.75, 3.05) is 26.3 Å². The lowest BCUT2D eigenvalue weighted by Crippen LogP contribution is -2.30. The van der Waals surface area contributed by atoms with Crippen LogP contribution in [0.3, 0.4) is 0 Å². The molecule has 2 amide bonds. The predicted octanol–water partition coefficient (Wildman–Crippen LogP) is 0.754. The second-order valence-electron chi connectivity index (χ2n) is 5.14. The summed E-state index contributed by atoms with van der Waals surface area (Å²) in [6.07, 6.45) is 6.46. The first kappa shape index (κ1) is 21.2. The minimum absolute atomic E-state index is 0.0388. The van der Waals surface area contributed by atoms with Gasteiger partial charge in [0.2, 0.25) is 11.8 Å². The zero-order valence-corrected chi connectivity index (χ0v) is 13.7. The number of nitrogens with one attached hydrogen (secondary N) is 2. The van der Waals surface area contributed by atoms with E-state index in [1.165, 1.54) is 0 Å². The summed E-state index contributed by atoms with van der Waals surface area (Å²) in [5.74, 6) is -0.0775. The standard InChI is InChI=1S/C16H28N2O5/c19-11-5-1-3-7-15(21)17-9-13-23-14-10-18-16(22)8-4-2-6-12-20/h11-12H,1-10,13-14H2,(H,17,21)(H,18,22). The summed E-state index contributed by atoms with van der Waals surface area (Å²) in [5, 5.41) is 5.46. The molecule has 0 fully saturated rings. The van der Waals surface area contributed by atoms with Crippen LogP contribution in [-0.4, -0.2) is 50.7 Å². The predicted molar refractivity (Wildman–Crippen MR) is 85.9 cm³/mol. The van der Waals surface area contributed by atoms with E-state index in [9.17, 15) is 19.2 Å². The Morgan fingerprint density at radius 1 is 0.739 bits per heavy atom. The number of hydrogen-bond donors (Lipinski definition) is 2. The molecule has 0 aromatic heterocycles. The van der Waals surface area contributed by atoms with Crippen molar-refractivity contribution in [1.82, 2.24) is 10.6 Å². The molecule has 23 heavy (non-hydrogen) atoms. The summed E-state index contributed by atoms with van der Waals surface area (Å²) in [7, 11) is 0. The highest BCUT2D eigenvalue weighted by Crippen LogP contribution is 1.98. The molecule has 0 aliphatic rings. The van der Waals surface area contributed by atoms with Gasteiger partial charge in [-0.05, 0) is 25.7 Å². The van der Waals surface area contributed by atoms with Gasteiger partial charge < -0.3 is 25.0 Å². The van der Waals surface area contributed by atoms with Gasteiger partial charge >= 0.3 is 0 Å². The number of carbonyl (C=O) groups excluding carboxylic acids is 4. The smallest absolute Gasteiger partial charge is 0.220 e. The summed E-state index contributed by atoms with van der Waals surface area (Å²) >= 11 is 0. The molecule has 0 aromatic rings. The van der Waals surface area contributed by atoms with Crippen LogP contribution >= 0.6 is 0 Å². The molecule has 0 aliphatic carbocycles. The maximum Gasteiger partial charge on any atom is 0.220 e. The number of amides is 2. The largest absolute Gasteiger partial charge is 0.378 e. The molecule has 7 nitrogen and oxygen atoms in total. The monoisotopic (exact) mass is 328 g/mol. The van der Waals surface area contributed by atoms with Gasteiger partial charge in [-0.3, -0.25) is 9.59 Å². The molecule has 132 valence electrons. The highest BCUT2D eigenvalue weighted by Gasteiger charge is 2.01. The van der Waals surface area contributed by atoms with Crippen molar-refractivity contribution in [3.05, 3.63) is 0 Å². The van der Waals surface area contributed by atoms with Crippen molar-refractivity contribution in [2.45, 2.75) is 51.4 Å². The zero-order chi connectivity index (χ0) is 17.2. The highest BCUT2D eigenvalue weighted by molar-refractivity contribution is 5.76. The quantitative estimate of drug-likeness (QED) is 0.322. The summed E-state index contributed by atoms with van der Waals surface area (Å²) in [6, 6.07) is 0. The highest BCUT2D eigenvalue weighted by atomic mass is 16.5. The van der Waals surface area contributed by atoms with Gasteiger partial charge in [-0.15, -0.1) is 0 Å². The molecule has 0 aliphatic heterocycles. The fourth-order valence-electron chi connectivity index (χ4n) is 1.83. The first-order valence-electron chi connectivity index (χ1n) is 8.19. The average Bonchev–Trinajstić information content (AvgIpc) is 2.54. The molecular formula is C16H28N2O5. The van der Waals surface area contributed by atoms with E-state index in [2.05, 4.69) is 10.6 Å². The molecule has 0 heterocycles. The number of unbranched alkanes of at least 4 members (excludes halogenated alkanes) is 4. The second-order valence-corrected chi connectivity index (χ2v) is 5.14. The topological polar surface area (TPSA) is 102 Å². The lowest BCUT2D eigenvalue weighted by molar-refractivity contribution is -0.121. The Bertz CT molecular complexity index is 315. The van der Waals surface area contributed by atoms with Gasteiger partial charge in [-0.25, -0.2) is 0 Å². The fraction of sp³-hybridized carbons (Fsp3) is 0.750. The lowest BCUT2D eigenvalue weighted by Gasteiger charge is -2.07. The van der Waals surface area contributed by atoms with Crippen LogP contribution in [0.15, 0.2) is 0 Å². The first-order valence-corrected chi connectivity index (χ1v) is 8.19. The molecule has 0 radical (unpaired) electrons. The maximum atomic E-state index is 11.4. The third-order valence-corrected chi connectivity index (χ3v) is 3.09. The van der Waals surface area contributed by atoms with Gasteiger partial charge in [-0.2, -0.15) is 0 Å². The van der Waals surface area contributed by atoms with Crippen LogP contribution in [-0.2, 0) is 23.9 Å². The van der Waals surface area contributed by atoms with Gasteiger partial charge in [0.25, 0.3) is 0 Å². The van der Waals surface area contributed by atoms with E-state index >= 15 is 0 Å². The molecule has 0 saturated heterocycles. The Balaban J connectivity index is 3.28. The van der Waals surface area contributed by atoms with Crippen molar-refractivity contribution in [3.8, 4) is 0 Å². The second kappa shape index (κ2) is 16.6. The van der Waals surface area contributed by atoms with Crippen LogP contribution in [0.2, 0.25) is 0 Å². The molecule has 2 N–H and O–H groups in total. The zero-order valence-electron chi connectivity index (χ0n) is 13.7.